The van der Waals surface area contributed by atoms with Crippen molar-refractivity contribution in [3.05, 3.63) is 41.6 Å². The molecule has 1 aromatic carbocycles. The molecule has 2 aromatic heterocycles. The van der Waals surface area contributed by atoms with Crippen molar-refractivity contribution < 1.29 is 17.6 Å². The number of hydrogen-bond acceptors (Lipinski definition) is 4. The Morgan fingerprint density at radius 3 is 2.57 bits per heavy atom. The quantitative estimate of drug-likeness (QED) is 0.693. The third kappa shape index (κ3) is 2.54. The molecule has 0 aliphatic carbocycles. The van der Waals surface area contributed by atoms with E-state index in [1.54, 1.807) is 19.1 Å². The van der Waals surface area contributed by atoms with Crippen molar-refractivity contribution >= 4 is 16.9 Å². The highest BCUT2D eigenvalue weighted by molar-refractivity contribution is 5.73. The number of aromatic nitrogens is 2. The molecule has 0 atom stereocenters. The number of fused-ring (bicyclic) bond motifs is 1. The van der Waals surface area contributed by atoms with Crippen molar-refractivity contribution in [3.63, 3.8) is 0 Å². The van der Waals surface area contributed by atoms with Crippen molar-refractivity contribution in [2.45, 2.75) is 13.1 Å². The lowest BCUT2D eigenvalue weighted by molar-refractivity contribution is -0.137. The van der Waals surface area contributed by atoms with Crippen LogP contribution in [0, 0.1) is 6.92 Å². The average molecular weight is 293 g/mol. The zero-order valence-electron chi connectivity index (χ0n) is 10.9. The average Bonchev–Trinajstić information content (AvgIpc) is 2.80. The second-order valence-corrected chi connectivity index (χ2v) is 4.63. The van der Waals surface area contributed by atoms with E-state index in [0.717, 1.165) is 17.8 Å². The number of oxazole rings is 1. The van der Waals surface area contributed by atoms with E-state index < -0.39 is 11.7 Å². The van der Waals surface area contributed by atoms with Crippen LogP contribution in [0.2, 0.25) is 0 Å². The van der Waals surface area contributed by atoms with Crippen LogP contribution in [0.25, 0.3) is 22.7 Å². The fraction of sp³-hybridized carbons (Fsp3) is 0.143. The van der Waals surface area contributed by atoms with Gasteiger partial charge < -0.3 is 10.2 Å². The summed E-state index contributed by atoms with van der Waals surface area (Å²) in [6.45, 7) is 1.79. The van der Waals surface area contributed by atoms with Crippen LogP contribution >= 0.6 is 0 Å². The number of hydrogen-bond donors (Lipinski definition) is 1. The Labute approximate surface area is 117 Å². The van der Waals surface area contributed by atoms with E-state index >= 15 is 0 Å². The molecule has 21 heavy (non-hydrogen) atoms. The van der Waals surface area contributed by atoms with Gasteiger partial charge in [0, 0.05) is 16.9 Å². The number of benzene rings is 1. The number of anilines is 1. The largest absolute Gasteiger partial charge is 0.434 e. The number of nitrogens with two attached hydrogens (primary N) is 1. The molecule has 2 N–H and O–H groups in total. The molecule has 0 radical (unpaired) electrons. The molecule has 0 aliphatic rings. The molecular formula is C14H10F3N3O. The van der Waals surface area contributed by atoms with Gasteiger partial charge in [-0.2, -0.15) is 18.2 Å². The first-order valence-electron chi connectivity index (χ1n) is 6.05. The van der Waals surface area contributed by atoms with Gasteiger partial charge in [-0.15, -0.1) is 0 Å². The van der Waals surface area contributed by atoms with Crippen LogP contribution in [0.4, 0.5) is 18.9 Å². The minimum absolute atomic E-state index is 0.00813. The van der Waals surface area contributed by atoms with Crippen molar-refractivity contribution in [1.82, 2.24) is 9.97 Å². The Morgan fingerprint density at radius 1 is 1.10 bits per heavy atom. The van der Waals surface area contributed by atoms with E-state index in [-0.39, 0.29) is 17.1 Å². The molecule has 2 heterocycles. The second kappa shape index (κ2) is 4.47. The zero-order chi connectivity index (χ0) is 15.2. The fourth-order valence-electron chi connectivity index (χ4n) is 1.98. The van der Waals surface area contributed by atoms with E-state index in [4.69, 9.17) is 10.2 Å². The van der Waals surface area contributed by atoms with Gasteiger partial charge in [0.2, 0.25) is 5.89 Å². The summed E-state index contributed by atoms with van der Waals surface area (Å²) >= 11 is 0. The highest BCUT2D eigenvalue weighted by Crippen LogP contribution is 2.34. The fourth-order valence-corrected chi connectivity index (χ4v) is 1.98. The van der Waals surface area contributed by atoms with Gasteiger partial charge in [-0.3, -0.25) is 0 Å². The molecule has 108 valence electrons. The normalized spacial score (nSPS) is 12.0. The van der Waals surface area contributed by atoms with E-state index in [9.17, 15) is 13.2 Å². The number of halogens is 3. The first-order chi connectivity index (χ1) is 9.83. The van der Waals surface area contributed by atoms with E-state index in [0.29, 0.717) is 11.2 Å². The Morgan fingerprint density at radius 2 is 1.86 bits per heavy atom. The Balaban J connectivity index is 2.16. The molecule has 4 nitrogen and oxygen atoms in total. The Kier molecular flexibility index (Phi) is 2.86. The zero-order valence-corrected chi connectivity index (χ0v) is 10.9. The van der Waals surface area contributed by atoms with Crippen LogP contribution in [-0.2, 0) is 6.18 Å². The Bertz CT molecular complexity index is 824. The number of nitrogens with zero attached hydrogens (tertiary/aromatic N) is 2. The smallest absolute Gasteiger partial charge is 0.416 e. The van der Waals surface area contributed by atoms with Crippen LogP contribution in [-0.4, -0.2) is 9.97 Å². The molecule has 0 spiro atoms. The monoisotopic (exact) mass is 293 g/mol. The van der Waals surface area contributed by atoms with Gasteiger partial charge in [-0.1, -0.05) is 0 Å². The topological polar surface area (TPSA) is 64.9 Å². The van der Waals surface area contributed by atoms with E-state index in [1.807, 2.05) is 0 Å². The van der Waals surface area contributed by atoms with Crippen molar-refractivity contribution in [2.24, 2.45) is 0 Å². The summed E-state index contributed by atoms with van der Waals surface area (Å²) in [6, 6.07) is 6.61. The number of alkyl halides is 3. The predicted molar refractivity (Wildman–Crippen MR) is 71.4 cm³/mol. The van der Waals surface area contributed by atoms with Crippen LogP contribution < -0.4 is 5.73 Å². The maximum absolute atomic E-state index is 12.8. The number of pyridine rings is 1. The van der Waals surface area contributed by atoms with E-state index in [1.165, 1.54) is 6.07 Å². The summed E-state index contributed by atoms with van der Waals surface area (Å²) in [4.78, 5) is 8.26. The second-order valence-electron chi connectivity index (χ2n) is 4.63. The lowest BCUT2D eigenvalue weighted by Crippen LogP contribution is -2.06. The van der Waals surface area contributed by atoms with Gasteiger partial charge in [0.25, 0.3) is 0 Å². The van der Waals surface area contributed by atoms with Crippen molar-refractivity contribution in [2.75, 3.05) is 5.73 Å². The summed E-state index contributed by atoms with van der Waals surface area (Å²) in [5.74, 6) is 0.0564. The SMILES string of the molecule is Cc1ccc2oc(-c3cc(N)cc(C(F)(F)F)c3)nc2n1. The molecule has 0 aliphatic heterocycles. The molecule has 0 unspecified atom stereocenters. The third-order valence-corrected chi connectivity index (χ3v) is 2.92. The molecule has 0 saturated heterocycles. The minimum Gasteiger partial charge on any atom is -0.434 e. The van der Waals surface area contributed by atoms with Gasteiger partial charge in [0.15, 0.2) is 11.2 Å². The highest BCUT2D eigenvalue weighted by atomic mass is 19.4. The first-order valence-corrected chi connectivity index (χ1v) is 6.05. The number of aryl methyl sites for hydroxylation is 1. The summed E-state index contributed by atoms with van der Waals surface area (Å²) in [5.41, 5.74) is 6.34. The van der Waals surface area contributed by atoms with Crippen LogP contribution in [0.3, 0.4) is 0 Å². The van der Waals surface area contributed by atoms with Crippen molar-refractivity contribution in [3.8, 4) is 11.5 Å². The van der Waals surface area contributed by atoms with E-state index in [2.05, 4.69) is 9.97 Å². The molecule has 0 saturated carbocycles. The molecule has 0 amide bonds. The molecule has 3 rings (SSSR count). The number of rotatable bonds is 1. The Hall–Kier alpha value is -2.57. The number of nitrogen functional groups attached to an aromatic ring is 1. The van der Waals surface area contributed by atoms with Gasteiger partial charge >= 0.3 is 6.18 Å². The van der Waals surface area contributed by atoms with Gasteiger partial charge in [0.1, 0.15) is 0 Å². The summed E-state index contributed by atoms with van der Waals surface area (Å²) < 4.78 is 43.8. The predicted octanol–water partition coefficient (Wildman–Crippen LogP) is 3.80. The maximum atomic E-state index is 12.8. The maximum Gasteiger partial charge on any atom is 0.416 e. The highest BCUT2D eigenvalue weighted by Gasteiger charge is 2.31. The summed E-state index contributed by atoms with van der Waals surface area (Å²) in [5, 5.41) is 0. The molecule has 7 heteroatoms. The molecular weight excluding hydrogens is 283 g/mol. The van der Waals surface area contributed by atoms with Crippen LogP contribution in [0.15, 0.2) is 34.7 Å². The minimum atomic E-state index is -4.48. The van der Waals surface area contributed by atoms with Crippen LogP contribution in [0.1, 0.15) is 11.3 Å². The van der Waals surface area contributed by atoms with Crippen molar-refractivity contribution in [1.29, 1.82) is 0 Å². The standard InChI is InChI=1S/C14H10F3N3O/c1-7-2-3-11-12(19-7)20-13(21-11)8-4-9(14(15,16)17)6-10(18)5-8/h2-6H,18H2,1H3. The molecule has 0 bridgehead atoms. The molecule has 3 aromatic rings. The lowest BCUT2D eigenvalue weighted by Gasteiger charge is -2.08. The van der Waals surface area contributed by atoms with Crippen LogP contribution in [0.5, 0.6) is 0 Å². The summed E-state index contributed by atoms with van der Waals surface area (Å²) in [7, 11) is 0. The summed E-state index contributed by atoms with van der Waals surface area (Å²) in [6.07, 6.45) is -4.48. The van der Waals surface area contributed by atoms with Gasteiger partial charge in [0.05, 0.1) is 5.56 Å². The van der Waals surface area contributed by atoms with Gasteiger partial charge in [-0.05, 0) is 37.3 Å². The van der Waals surface area contributed by atoms with Gasteiger partial charge in [-0.25, -0.2) is 4.98 Å². The lowest BCUT2D eigenvalue weighted by atomic mass is 10.1. The molecule has 0 fully saturated rings. The first kappa shape index (κ1) is 13.4. The third-order valence-electron chi connectivity index (χ3n) is 2.92.